The van der Waals surface area contributed by atoms with Crippen LogP contribution in [0.1, 0.15) is 96.0 Å². The second-order valence-corrected chi connectivity index (χ2v) is 14.0. The van der Waals surface area contributed by atoms with E-state index < -0.39 is 11.2 Å². The van der Waals surface area contributed by atoms with Gasteiger partial charge in [0, 0.05) is 43.9 Å². The fraction of sp³-hybridized carbons (Fsp3) is 0.656. The van der Waals surface area contributed by atoms with E-state index in [1.807, 2.05) is 48.8 Å². The lowest BCUT2D eigenvalue weighted by Crippen LogP contribution is -2.53. The highest BCUT2D eigenvalue weighted by Gasteiger charge is 2.49. The number of carbonyl (C=O) groups excluding carboxylic acids is 2. The number of likely N-dealkylation sites (tertiary alicyclic amines) is 2. The maximum absolute atomic E-state index is 13.0. The maximum atomic E-state index is 13.0. The van der Waals surface area contributed by atoms with Gasteiger partial charge >= 0.3 is 12.2 Å². The van der Waals surface area contributed by atoms with Crippen LogP contribution >= 0.6 is 0 Å². The third kappa shape index (κ3) is 5.28. The van der Waals surface area contributed by atoms with Gasteiger partial charge in [-0.25, -0.2) is 14.3 Å². The van der Waals surface area contributed by atoms with Gasteiger partial charge in [0.05, 0.1) is 18.0 Å². The largest absolute Gasteiger partial charge is 0.479 e. The molecule has 1 saturated carbocycles. The molecule has 0 radical (unpaired) electrons. The van der Waals surface area contributed by atoms with E-state index in [-0.39, 0.29) is 23.6 Å². The van der Waals surface area contributed by atoms with Gasteiger partial charge in [-0.3, -0.25) is 0 Å². The summed E-state index contributed by atoms with van der Waals surface area (Å²) in [5.74, 6) is 1.56. The minimum atomic E-state index is -0.566. The molecule has 222 valence electrons. The van der Waals surface area contributed by atoms with Gasteiger partial charge in [-0.2, -0.15) is 5.10 Å². The summed E-state index contributed by atoms with van der Waals surface area (Å²) in [6.07, 6.45) is 4.80. The van der Waals surface area contributed by atoms with Crippen molar-refractivity contribution < 1.29 is 23.8 Å². The number of carbonyl (C=O) groups is 2. The van der Waals surface area contributed by atoms with Gasteiger partial charge in [-0.1, -0.05) is 12.1 Å². The number of hydrogen-bond acceptors (Lipinski definition) is 6. The first kappa shape index (κ1) is 27.9. The summed E-state index contributed by atoms with van der Waals surface area (Å²) < 4.78 is 20.2. The lowest BCUT2D eigenvalue weighted by Gasteiger charge is -2.45. The predicted molar refractivity (Wildman–Crippen MR) is 154 cm³/mol. The molecule has 1 spiro atoms. The lowest BCUT2D eigenvalue weighted by atomic mass is 9.78. The van der Waals surface area contributed by atoms with E-state index in [0.29, 0.717) is 45.0 Å². The van der Waals surface area contributed by atoms with E-state index in [4.69, 9.17) is 19.3 Å². The van der Waals surface area contributed by atoms with E-state index in [0.717, 1.165) is 54.1 Å². The third-order valence-corrected chi connectivity index (χ3v) is 9.14. The molecule has 1 unspecified atom stereocenters. The molecule has 41 heavy (non-hydrogen) atoms. The average Bonchev–Trinajstić information content (AvgIpc) is 3.66. The van der Waals surface area contributed by atoms with E-state index in [2.05, 4.69) is 31.5 Å². The molecule has 9 heteroatoms. The van der Waals surface area contributed by atoms with Crippen LogP contribution in [0, 0.1) is 12.8 Å². The van der Waals surface area contributed by atoms with Crippen LogP contribution in [0.4, 0.5) is 9.59 Å². The zero-order chi connectivity index (χ0) is 29.2. The molecule has 1 aliphatic carbocycles. The van der Waals surface area contributed by atoms with Gasteiger partial charge in [-0.15, -0.1) is 0 Å². The Balaban J connectivity index is 1.27. The van der Waals surface area contributed by atoms with Crippen molar-refractivity contribution in [2.45, 2.75) is 103 Å². The molecule has 9 nitrogen and oxygen atoms in total. The van der Waals surface area contributed by atoms with Crippen LogP contribution in [-0.4, -0.2) is 69.1 Å². The van der Waals surface area contributed by atoms with Crippen molar-refractivity contribution in [1.29, 1.82) is 0 Å². The van der Waals surface area contributed by atoms with E-state index in [9.17, 15) is 9.59 Å². The third-order valence-electron chi connectivity index (χ3n) is 9.14. The molecule has 1 aromatic carbocycles. The number of benzene rings is 1. The number of nitrogens with zero attached hydrogens (tertiary/aromatic N) is 4. The van der Waals surface area contributed by atoms with Crippen LogP contribution < -0.4 is 4.74 Å². The number of amides is 2. The smallest absolute Gasteiger partial charge is 0.410 e. The van der Waals surface area contributed by atoms with Crippen molar-refractivity contribution in [2.24, 2.45) is 5.92 Å². The van der Waals surface area contributed by atoms with Crippen molar-refractivity contribution >= 4 is 12.2 Å². The molecule has 3 aliphatic heterocycles. The molecule has 6 rings (SSSR count). The molecule has 2 amide bonds. The first-order valence-corrected chi connectivity index (χ1v) is 15.2. The lowest BCUT2D eigenvalue weighted by molar-refractivity contribution is -0.0150. The SMILES string of the molecule is Cc1c(C2CCN(C(=O)OC(C)(C)C)C(C)(C)C2)nn2c1C1(CCN(C(=O)OCC3CC3)CC1)Oc1ccccc1-2. The highest BCUT2D eigenvalue weighted by molar-refractivity contribution is 5.69. The topological polar surface area (TPSA) is 86.1 Å². The van der Waals surface area contributed by atoms with Crippen molar-refractivity contribution in [3.63, 3.8) is 0 Å². The Hall–Kier alpha value is -3.23. The fourth-order valence-electron chi connectivity index (χ4n) is 6.83. The highest BCUT2D eigenvalue weighted by Crippen LogP contribution is 2.49. The van der Waals surface area contributed by atoms with Gasteiger partial charge in [0.2, 0.25) is 0 Å². The number of fused-ring (bicyclic) bond motifs is 4. The Labute approximate surface area is 243 Å². The maximum Gasteiger partial charge on any atom is 0.410 e. The Morgan fingerprint density at radius 2 is 1.76 bits per heavy atom. The van der Waals surface area contributed by atoms with Gasteiger partial charge in [0.25, 0.3) is 0 Å². The van der Waals surface area contributed by atoms with Gasteiger partial charge in [0.1, 0.15) is 17.0 Å². The van der Waals surface area contributed by atoms with Crippen molar-refractivity contribution in [3.8, 4) is 11.4 Å². The molecule has 0 bridgehead atoms. The first-order chi connectivity index (χ1) is 19.4. The summed E-state index contributed by atoms with van der Waals surface area (Å²) in [7, 11) is 0. The second-order valence-electron chi connectivity index (χ2n) is 14.0. The molecule has 2 saturated heterocycles. The van der Waals surface area contributed by atoms with Crippen LogP contribution in [0.25, 0.3) is 5.69 Å². The summed E-state index contributed by atoms with van der Waals surface area (Å²) in [6.45, 7) is 14.4. The standard InChI is InChI=1S/C32H44N4O5/c1-21-26(23-13-16-35(31(5,6)19-23)29(38)41-30(2,3)4)33-36-24-9-7-8-10-25(24)40-32(27(21)36)14-17-34(18-15-32)28(37)39-20-22-11-12-22/h7-10,22-23H,11-20H2,1-6H3. The molecule has 1 aromatic heterocycles. The zero-order valence-electron chi connectivity index (χ0n) is 25.4. The highest BCUT2D eigenvalue weighted by atomic mass is 16.6. The molecule has 1 atom stereocenters. The van der Waals surface area contributed by atoms with Crippen LogP contribution in [0.5, 0.6) is 5.75 Å². The van der Waals surface area contributed by atoms with E-state index in [1.165, 1.54) is 0 Å². The van der Waals surface area contributed by atoms with Crippen molar-refractivity contribution in [3.05, 3.63) is 41.2 Å². The number of rotatable bonds is 3. The van der Waals surface area contributed by atoms with Crippen LogP contribution in [0.3, 0.4) is 0 Å². The summed E-state index contributed by atoms with van der Waals surface area (Å²) in [4.78, 5) is 29.5. The number of aromatic nitrogens is 2. The summed E-state index contributed by atoms with van der Waals surface area (Å²) >= 11 is 0. The predicted octanol–water partition coefficient (Wildman–Crippen LogP) is 6.30. The Kier molecular flexibility index (Phi) is 6.77. The molecular formula is C32H44N4O5. The van der Waals surface area contributed by atoms with Crippen LogP contribution in [-0.2, 0) is 15.1 Å². The summed E-state index contributed by atoms with van der Waals surface area (Å²) in [6, 6.07) is 8.08. The quantitative estimate of drug-likeness (QED) is 0.435. The number of piperidine rings is 2. The van der Waals surface area contributed by atoms with Gasteiger partial charge in [0.15, 0.2) is 5.60 Å². The van der Waals surface area contributed by atoms with E-state index in [1.54, 1.807) is 0 Å². The molecule has 4 aliphatic rings. The van der Waals surface area contributed by atoms with Gasteiger partial charge in [-0.05, 0) is 90.8 Å². The van der Waals surface area contributed by atoms with Crippen molar-refractivity contribution in [2.75, 3.05) is 26.2 Å². The first-order valence-electron chi connectivity index (χ1n) is 15.2. The van der Waals surface area contributed by atoms with E-state index >= 15 is 0 Å². The Morgan fingerprint density at radius 3 is 2.41 bits per heavy atom. The molecule has 4 heterocycles. The number of ether oxygens (including phenoxy) is 3. The minimum absolute atomic E-state index is 0.198. The van der Waals surface area contributed by atoms with Crippen LogP contribution in [0.15, 0.2) is 24.3 Å². The Morgan fingerprint density at radius 1 is 1.05 bits per heavy atom. The Bertz CT molecular complexity index is 1330. The molecule has 2 aromatic rings. The summed E-state index contributed by atoms with van der Waals surface area (Å²) in [5.41, 5.74) is 2.78. The molecular weight excluding hydrogens is 520 g/mol. The second kappa shape index (κ2) is 9.95. The van der Waals surface area contributed by atoms with Gasteiger partial charge < -0.3 is 24.0 Å². The normalized spacial score (nSPS) is 22.9. The van der Waals surface area contributed by atoms with Crippen LogP contribution in [0.2, 0.25) is 0 Å². The van der Waals surface area contributed by atoms with Crippen molar-refractivity contribution in [1.82, 2.24) is 19.6 Å². The average molecular weight is 565 g/mol. The molecule has 0 N–H and O–H groups in total. The zero-order valence-corrected chi connectivity index (χ0v) is 25.4. The molecule has 3 fully saturated rings. The fourth-order valence-corrected chi connectivity index (χ4v) is 6.83. The minimum Gasteiger partial charge on any atom is -0.479 e. The monoisotopic (exact) mass is 564 g/mol. The summed E-state index contributed by atoms with van der Waals surface area (Å²) in [5, 5.41) is 5.27. The number of hydrogen-bond donors (Lipinski definition) is 0. The number of para-hydroxylation sites is 2.